The first-order valence-corrected chi connectivity index (χ1v) is 7.55. The first-order chi connectivity index (χ1) is 11.6. The molecular weight excluding hydrogens is 308 g/mol. The summed E-state index contributed by atoms with van der Waals surface area (Å²) >= 11 is 0. The van der Waals surface area contributed by atoms with Crippen LogP contribution in [-0.4, -0.2) is 24.1 Å². The monoisotopic (exact) mass is 326 g/mol. The molecule has 3 rings (SSSR count). The second-order valence-electron chi connectivity index (χ2n) is 5.46. The fraction of sp³-hybridized carbons (Fsp3) is 0.222. The lowest BCUT2D eigenvalue weighted by molar-refractivity contribution is 0.0746. The first-order valence-electron chi connectivity index (χ1n) is 7.55. The van der Waals surface area contributed by atoms with Crippen LogP contribution in [0.1, 0.15) is 22.2 Å². The van der Waals surface area contributed by atoms with Gasteiger partial charge in [0.1, 0.15) is 23.0 Å². The fourth-order valence-corrected chi connectivity index (χ4v) is 2.51. The molecule has 0 radical (unpaired) electrons. The van der Waals surface area contributed by atoms with Gasteiger partial charge < -0.3 is 19.0 Å². The van der Waals surface area contributed by atoms with Crippen molar-refractivity contribution in [2.24, 2.45) is 7.05 Å². The third kappa shape index (κ3) is 3.09. The molecule has 3 aromatic rings. The predicted octanol–water partition coefficient (Wildman–Crippen LogP) is 2.25. The standard InChI is InChI=1S/C18H18N2O4/c1-20-9-5-7-13(18(20)22)17(21)19-11-16(23-2)15-10-12-6-3-4-8-14(12)24-15/h3-10,16H,11H2,1-2H3,(H,19,21)/t16-/m0/s1. The van der Waals surface area contributed by atoms with E-state index in [0.717, 1.165) is 11.0 Å². The van der Waals surface area contributed by atoms with Gasteiger partial charge in [-0.25, -0.2) is 0 Å². The van der Waals surface area contributed by atoms with Gasteiger partial charge in [0.25, 0.3) is 11.5 Å². The molecule has 2 aromatic heterocycles. The fourth-order valence-electron chi connectivity index (χ4n) is 2.51. The van der Waals surface area contributed by atoms with Gasteiger partial charge in [0.2, 0.25) is 0 Å². The molecular formula is C18H18N2O4. The summed E-state index contributed by atoms with van der Waals surface area (Å²) in [6.07, 6.45) is 1.17. The van der Waals surface area contributed by atoms with Gasteiger partial charge >= 0.3 is 0 Å². The highest BCUT2D eigenvalue weighted by molar-refractivity contribution is 5.93. The number of benzene rings is 1. The molecule has 6 heteroatoms. The molecule has 24 heavy (non-hydrogen) atoms. The number of nitrogens with zero attached hydrogens (tertiary/aromatic N) is 1. The Balaban J connectivity index is 1.75. The summed E-state index contributed by atoms with van der Waals surface area (Å²) in [5.74, 6) is 0.189. The van der Waals surface area contributed by atoms with Crippen LogP contribution in [-0.2, 0) is 11.8 Å². The van der Waals surface area contributed by atoms with Crippen molar-refractivity contribution in [3.8, 4) is 0 Å². The largest absolute Gasteiger partial charge is 0.458 e. The van der Waals surface area contributed by atoms with Crippen molar-refractivity contribution >= 4 is 16.9 Å². The maximum absolute atomic E-state index is 12.2. The van der Waals surface area contributed by atoms with E-state index in [1.54, 1.807) is 26.4 Å². The SMILES string of the molecule is CO[C@@H](CNC(=O)c1cccn(C)c1=O)c1cc2ccccc2o1. The predicted molar refractivity (Wildman–Crippen MR) is 90.0 cm³/mol. The van der Waals surface area contributed by atoms with Crippen LogP contribution in [0.15, 0.2) is 57.9 Å². The van der Waals surface area contributed by atoms with Gasteiger partial charge in [-0.1, -0.05) is 18.2 Å². The quantitative estimate of drug-likeness (QED) is 0.780. The van der Waals surface area contributed by atoms with E-state index in [2.05, 4.69) is 5.32 Å². The van der Waals surface area contributed by atoms with Gasteiger partial charge in [-0.15, -0.1) is 0 Å². The number of ether oxygens (including phenoxy) is 1. The van der Waals surface area contributed by atoms with Crippen LogP contribution in [0.3, 0.4) is 0 Å². The molecule has 0 spiro atoms. The molecule has 0 aliphatic rings. The topological polar surface area (TPSA) is 73.5 Å². The molecule has 0 unspecified atom stereocenters. The van der Waals surface area contributed by atoms with E-state index in [4.69, 9.17) is 9.15 Å². The van der Waals surface area contributed by atoms with Crippen molar-refractivity contribution in [1.29, 1.82) is 0 Å². The van der Waals surface area contributed by atoms with Crippen LogP contribution in [0, 0.1) is 0 Å². The van der Waals surface area contributed by atoms with Crippen LogP contribution in [0.4, 0.5) is 0 Å². The molecule has 1 aromatic carbocycles. The molecule has 1 atom stereocenters. The Hall–Kier alpha value is -2.86. The van der Waals surface area contributed by atoms with Crippen molar-refractivity contribution in [3.05, 3.63) is 70.3 Å². The number of para-hydroxylation sites is 1. The second-order valence-corrected chi connectivity index (χ2v) is 5.46. The number of carbonyl (C=O) groups excluding carboxylic acids is 1. The average molecular weight is 326 g/mol. The van der Waals surface area contributed by atoms with Crippen molar-refractivity contribution in [2.75, 3.05) is 13.7 Å². The Morgan fingerprint density at radius 2 is 2.08 bits per heavy atom. The number of aromatic nitrogens is 1. The maximum Gasteiger partial charge on any atom is 0.263 e. The zero-order chi connectivity index (χ0) is 17.1. The minimum absolute atomic E-state index is 0.0967. The van der Waals surface area contributed by atoms with Gasteiger partial charge in [0, 0.05) is 25.7 Å². The van der Waals surface area contributed by atoms with E-state index in [9.17, 15) is 9.59 Å². The molecule has 0 fully saturated rings. The molecule has 0 saturated heterocycles. The highest BCUT2D eigenvalue weighted by atomic mass is 16.5. The second kappa shape index (κ2) is 6.72. The van der Waals surface area contributed by atoms with E-state index in [-0.39, 0.29) is 17.7 Å². The minimum Gasteiger partial charge on any atom is -0.458 e. The van der Waals surface area contributed by atoms with Crippen molar-refractivity contribution in [3.63, 3.8) is 0 Å². The Morgan fingerprint density at radius 3 is 2.83 bits per heavy atom. The number of amides is 1. The van der Waals surface area contributed by atoms with E-state index in [0.29, 0.717) is 5.76 Å². The Labute approximate surface area is 138 Å². The normalized spacial score (nSPS) is 12.2. The lowest BCUT2D eigenvalue weighted by atomic mass is 10.2. The van der Waals surface area contributed by atoms with Crippen LogP contribution in [0.25, 0.3) is 11.0 Å². The van der Waals surface area contributed by atoms with E-state index in [1.807, 2.05) is 30.3 Å². The summed E-state index contributed by atoms with van der Waals surface area (Å²) in [6, 6.07) is 12.7. The smallest absolute Gasteiger partial charge is 0.263 e. The lowest BCUT2D eigenvalue weighted by Gasteiger charge is -2.13. The Bertz CT molecular complexity index is 893. The number of furan rings is 1. The Kier molecular flexibility index (Phi) is 4.48. The summed E-state index contributed by atoms with van der Waals surface area (Å²) < 4.78 is 12.5. The third-order valence-corrected chi connectivity index (χ3v) is 3.86. The number of nitrogens with one attached hydrogen (secondary N) is 1. The number of aryl methyl sites for hydroxylation is 1. The molecule has 0 bridgehead atoms. The maximum atomic E-state index is 12.2. The molecule has 0 aliphatic heterocycles. The highest BCUT2D eigenvalue weighted by Gasteiger charge is 2.18. The van der Waals surface area contributed by atoms with Crippen molar-refractivity contribution in [1.82, 2.24) is 9.88 Å². The molecule has 1 amide bonds. The van der Waals surface area contributed by atoms with Gasteiger partial charge in [0.15, 0.2) is 0 Å². The zero-order valence-corrected chi connectivity index (χ0v) is 13.5. The lowest BCUT2D eigenvalue weighted by Crippen LogP contribution is -2.34. The molecule has 2 heterocycles. The zero-order valence-electron chi connectivity index (χ0n) is 13.5. The first kappa shape index (κ1) is 16.0. The minimum atomic E-state index is -0.436. The summed E-state index contributed by atoms with van der Waals surface area (Å²) in [7, 11) is 3.15. The summed E-state index contributed by atoms with van der Waals surface area (Å²) in [5.41, 5.74) is 0.518. The van der Waals surface area contributed by atoms with Gasteiger partial charge in [-0.05, 0) is 24.3 Å². The number of carbonyl (C=O) groups is 1. The van der Waals surface area contributed by atoms with E-state index in [1.165, 1.54) is 10.6 Å². The summed E-state index contributed by atoms with van der Waals surface area (Å²) in [6.45, 7) is 0.202. The Morgan fingerprint density at radius 1 is 1.29 bits per heavy atom. The van der Waals surface area contributed by atoms with E-state index >= 15 is 0 Å². The number of fused-ring (bicyclic) bond motifs is 1. The summed E-state index contributed by atoms with van der Waals surface area (Å²) in [5, 5.41) is 3.69. The van der Waals surface area contributed by atoms with Crippen LogP contribution in [0.5, 0.6) is 0 Å². The highest BCUT2D eigenvalue weighted by Crippen LogP contribution is 2.25. The number of hydrogen-bond donors (Lipinski definition) is 1. The van der Waals surface area contributed by atoms with Gasteiger partial charge in [0.05, 0.1) is 6.54 Å². The van der Waals surface area contributed by atoms with Crippen LogP contribution >= 0.6 is 0 Å². The number of methoxy groups -OCH3 is 1. The van der Waals surface area contributed by atoms with Gasteiger partial charge in [-0.2, -0.15) is 0 Å². The number of pyridine rings is 1. The molecule has 1 N–H and O–H groups in total. The number of rotatable bonds is 5. The van der Waals surface area contributed by atoms with Crippen LogP contribution in [0.2, 0.25) is 0 Å². The molecule has 0 aliphatic carbocycles. The third-order valence-electron chi connectivity index (χ3n) is 3.86. The van der Waals surface area contributed by atoms with Gasteiger partial charge in [-0.3, -0.25) is 9.59 Å². The number of hydrogen-bond acceptors (Lipinski definition) is 4. The van der Waals surface area contributed by atoms with Crippen molar-refractivity contribution in [2.45, 2.75) is 6.10 Å². The summed E-state index contributed by atoms with van der Waals surface area (Å²) in [4.78, 5) is 24.2. The average Bonchev–Trinajstić information content (AvgIpc) is 3.01. The molecule has 6 nitrogen and oxygen atoms in total. The molecule has 0 saturated carbocycles. The van der Waals surface area contributed by atoms with Crippen LogP contribution < -0.4 is 10.9 Å². The van der Waals surface area contributed by atoms with Crippen molar-refractivity contribution < 1.29 is 13.9 Å². The van der Waals surface area contributed by atoms with E-state index < -0.39 is 12.0 Å². The molecule has 124 valence electrons.